The first-order chi connectivity index (χ1) is 8.00. The number of hydrogen-bond acceptors (Lipinski definition) is 4. The van der Waals surface area contributed by atoms with Gasteiger partial charge < -0.3 is 5.73 Å². The van der Waals surface area contributed by atoms with Crippen LogP contribution in [0.1, 0.15) is 18.4 Å². The topological polar surface area (TPSA) is 76.3 Å². The van der Waals surface area contributed by atoms with E-state index in [1.165, 1.54) is 10.5 Å². The number of aryl methyl sites for hydroxylation is 1. The highest BCUT2D eigenvalue weighted by atomic mass is 35.5. The fourth-order valence-corrected chi connectivity index (χ4v) is 3.52. The second kappa shape index (κ2) is 5.97. The highest BCUT2D eigenvalue weighted by Crippen LogP contribution is 2.18. The van der Waals surface area contributed by atoms with Crippen LogP contribution in [-0.4, -0.2) is 36.8 Å². The van der Waals surface area contributed by atoms with Crippen molar-refractivity contribution in [1.82, 2.24) is 9.29 Å². The third-order valence-corrected chi connectivity index (χ3v) is 4.68. The molecule has 7 heteroatoms. The molecule has 1 aromatic heterocycles. The minimum atomic E-state index is -3.48. The van der Waals surface area contributed by atoms with Crippen LogP contribution in [0.5, 0.6) is 0 Å². The van der Waals surface area contributed by atoms with Gasteiger partial charge in [0.05, 0.1) is 0 Å². The molecule has 0 saturated carbocycles. The van der Waals surface area contributed by atoms with Crippen LogP contribution in [0.15, 0.2) is 23.4 Å². The molecule has 1 aromatic rings. The van der Waals surface area contributed by atoms with E-state index < -0.39 is 10.0 Å². The highest BCUT2D eigenvalue weighted by Gasteiger charge is 2.29. The average Bonchev–Trinajstić information content (AvgIpc) is 2.29. The fraction of sp³-hybridized carbons (Fsp3) is 0.545. The van der Waals surface area contributed by atoms with Crippen molar-refractivity contribution in [3.8, 4) is 0 Å². The van der Waals surface area contributed by atoms with E-state index in [2.05, 4.69) is 4.98 Å². The maximum Gasteiger partial charge on any atom is 0.260 e. The number of hydrogen-bond donors (Lipinski definition) is 1. The number of nitrogens with zero attached hydrogens (tertiary/aromatic N) is 2. The standard InChI is InChI=1S/C11H17N3O2S.ClH/c1-9-4-5-13-11(7-9)17(15,16)14-6-2-3-10(12)8-14;/h4-5,7,10H,2-3,6,8,12H2,1H3;1H. The van der Waals surface area contributed by atoms with Crippen LogP contribution in [-0.2, 0) is 10.0 Å². The first-order valence-electron chi connectivity index (χ1n) is 5.68. The Morgan fingerprint density at radius 2 is 2.22 bits per heavy atom. The minimum absolute atomic E-state index is 0. The van der Waals surface area contributed by atoms with Gasteiger partial charge in [0.15, 0.2) is 5.03 Å². The Hall–Kier alpha value is -0.690. The number of piperidine rings is 1. The monoisotopic (exact) mass is 291 g/mol. The van der Waals surface area contributed by atoms with Gasteiger partial charge in [0.25, 0.3) is 10.0 Å². The third kappa shape index (κ3) is 3.20. The normalized spacial score (nSPS) is 21.3. The van der Waals surface area contributed by atoms with Crippen molar-refractivity contribution in [3.05, 3.63) is 23.9 Å². The average molecular weight is 292 g/mol. The molecule has 0 amide bonds. The van der Waals surface area contributed by atoms with Crippen LogP contribution in [0.25, 0.3) is 0 Å². The van der Waals surface area contributed by atoms with E-state index in [4.69, 9.17) is 5.73 Å². The molecule has 1 fully saturated rings. The zero-order valence-electron chi connectivity index (χ0n) is 10.2. The number of sulfonamides is 1. The second-order valence-electron chi connectivity index (χ2n) is 4.44. The van der Waals surface area contributed by atoms with Crippen molar-refractivity contribution in [2.24, 2.45) is 5.73 Å². The largest absolute Gasteiger partial charge is 0.327 e. The minimum Gasteiger partial charge on any atom is -0.327 e. The lowest BCUT2D eigenvalue weighted by Crippen LogP contribution is -2.45. The van der Waals surface area contributed by atoms with Gasteiger partial charge in [0.2, 0.25) is 0 Å². The third-order valence-electron chi connectivity index (χ3n) is 2.92. The summed E-state index contributed by atoms with van der Waals surface area (Å²) in [7, 11) is -3.48. The first-order valence-corrected chi connectivity index (χ1v) is 7.12. The quantitative estimate of drug-likeness (QED) is 0.879. The van der Waals surface area contributed by atoms with Crippen molar-refractivity contribution >= 4 is 22.4 Å². The Balaban J connectivity index is 0.00000162. The van der Waals surface area contributed by atoms with Crippen LogP contribution in [0.4, 0.5) is 0 Å². The van der Waals surface area contributed by atoms with E-state index in [-0.39, 0.29) is 23.5 Å². The number of rotatable bonds is 2. The van der Waals surface area contributed by atoms with E-state index in [0.717, 1.165) is 18.4 Å². The van der Waals surface area contributed by atoms with Crippen molar-refractivity contribution in [1.29, 1.82) is 0 Å². The van der Waals surface area contributed by atoms with Crippen LogP contribution in [0, 0.1) is 6.92 Å². The van der Waals surface area contributed by atoms with Crippen LogP contribution < -0.4 is 5.73 Å². The zero-order valence-corrected chi connectivity index (χ0v) is 11.9. The summed E-state index contributed by atoms with van der Waals surface area (Å²) < 4.78 is 26.0. The van der Waals surface area contributed by atoms with Crippen LogP contribution in [0.2, 0.25) is 0 Å². The zero-order chi connectivity index (χ0) is 12.5. The van der Waals surface area contributed by atoms with Gasteiger partial charge in [-0.05, 0) is 37.5 Å². The molecule has 1 aliphatic heterocycles. The smallest absolute Gasteiger partial charge is 0.260 e. The second-order valence-corrected chi connectivity index (χ2v) is 6.32. The molecular weight excluding hydrogens is 274 g/mol. The molecule has 2 N–H and O–H groups in total. The van der Waals surface area contributed by atoms with E-state index in [1.54, 1.807) is 12.1 Å². The predicted octanol–water partition coefficient (Wildman–Crippen LogP) is 0.924. The molecule has 0 radical (unpaired) electrons. The Labute approximate surface area is 114 Å². The summed E-state index contributed by atoms with van der Waals surface area (Å²) >= 11 is 0. The van der Waals surface area contributed by atoms with Crippen LogP contribution >= 0.6 is 12.4 Å². The van der Waals surface area contributed by atoms with Gasteiger partial charge in [0.1, 0.15) is 0 Å². The van der Waals surface area contributed by atoms with E-state index in [1.807, 2.05) is 6.92 Å². The van der Waals surface area contributed by atoms with E-state index in [9.17, 15) is 8.42 Å². The maximum absolute atomic E-state index is 12.3. The number of nitrogens with two attached hydrogens (primary N) is 1. The summed E-state index contributed by atoms with van der Waals surface area (Å²) in [4.78, 5) is 3.94. The molecule has 1 unspecified atom stereocenters. The summed E-state index contributed by atoms with van der Waals surface area (Å²) in [6, 6.07) is 3.31. The first kappa shape index (κ1) is 15.4. The molecule has 0 aromatic carbocycles. The Morgan fingerprint density at radius 3 is 2.83 bits per heavy atom. The van der Waals surface area contributed by atoms with Gasteiger partial charge in [-0.15, -0.1) is 12.4 Å². The molecule has 1 saturated heterocycles. The molecule has 0 aliphatic carbocycles. The summed E-state index contributed by atoms with van der Waals surface area (Å²) in [5, 5.41) is 0.117. The molecule has 1 atom stereocenters. The van der Waals surface area contributed by atoms with E-state index >= 15 is 0 Å². The molecule has 0 spiro atoms. The molecule has 5 nitrogen and oxygen atoms in total. The predicted molar refractivity (Wildman–Crippen MR) is 72.2 cm³/mol. The number of pyridine rings is 1. The molecule has 2 rings (SSSR count). The van der Waals surface area contributed by atoms with Gasteiger partial charge in [-0.2, -0.15) is 4.31 Å². The van der Waals surface area contributed by atoms with Gasteiger partial charge in [-0.3, -0.25) is 0 Å². The van der Waals surface area contributed by atoms with Crippen molar-refractivity contribution in [2.75, 3.05) is 13.1 Å². The molecule has 0 bridgehead atoms. The Kier molecular flexibility index (Phi) is 5.10. The van der Waals surface area contributed by atoms with Crippen LogP contribution in [0.3, 0.4) is 0 Å². The summed E-state index contributed by atoms with van der Waals surface area (Å²) in [6.07, 6.45) is 3.21. The van der Waals surface area contributed by atoms with Gasteiger partial charge in [-0.25, -0.2) is 13.4 Å². The number of halogens is 1. The molecule has 102 valence electrons. The lowest BCUT2D eigenvalue weighted by atomic mass is 10.1. The van der Waals surface area contributed by atoms with Crippen molar-refractivity contribution in [3.63, 3.8) is 0 Å². The fourth-order valence-electron chi connectivity index (χ4n) is 1.97. The highest BCUT2D eigenvalue weighted by molar-refractivity contribution is 7.89. The molecular formula is C11H18ClN3O2S. The van der Waals surface area contributed by atoms with Gasteiger partial charge >= 0.3 is 0 Å². The Morgan fingerprint density at radius 1 is 1.50 bits per heavy atom. The van der Waals surface area contributed by atoms with Gasteiger partial charge in [0, 0.05) is 25.3 Å². The van der Waals surface area contributed by atoms with Crippen molar-refractivity contribution < 1.29 is 8.42 Å². The Bertz CT molecular complexity index is 507. The lowest BCUT2D eigenvalue weighted by Gasteiger charge is -2.29. The molecule has 18 heavy (non-hydrogen) atoms. The number of aromatic nitrogens is 1. The maximum atomic E-state index is 12.3. The van der Waals surface area contributed by atoms with Crippen molar-refractivity contribution in [2.45, 2.75) is 30.8 Å². The summed E-state index contributed by atoms with van der Waals surface area (Å²) in [6.45, 7) is 2.77. The molecule has 1 aliphatic rings. The van der Waals surface area contributed by atoms with E-state index in [0.29, 0.717) is 13.1 Å². The summed E-state index contributed by atoms with van der Waals surface area (Å²) in [5.41, 5.74) is 6.69. The van der Waals surface area contributed by atoms with Gasteiger partial charge in [-0.1, -0.05) is 0 Å². The lowest BCUT2D eigenvalue weighted by molar-refractivity contribution is 0.315. The summed E-state index contributed by atoms with van der Waals surface area (Å²) in [5.74, 6) is 0. The molecule has 2 heterocycles. The SMILES string of the molecule is Cc1ccnc(S(=O)(=O)N2CCCC(N)C2)c1.Cl.